The molecular weight excluding hydrogens is 212 g/mol. The Morgan fingerprint density at radius 3 is 2.12 bits per heavy atom. The number of ether oxygens (including phenoxy) is 1. The summed E-state index contributed by atoms with van der Waals surface area (Å²) in [4.78, 5) is 10.8. The van der Waals surface area contributed by atoms with Gasteiger partial charge in [-0.3, -0.25) is 4.79 Å². The summed E-state index contributed by atoms with van der Waals surface area (Å²) in [6, 6.07) is 17.9. The second-order valence-electron chi connectivity index (χ2n) is 3.90. The Kier molecular flexibility index (Phi) is 3.55. The Bertz CT molecular complexity index is 486. The van der Waals surface area contributed by atoms with E-state index in [9.17, 15) is 4.79 Å². The van der Waals surface area contributed by atoms with Gasteiger partial charge in [-0.25, -0.2) is 0 Å². The number of hydrogen-bond donors (Lipinski definition) is 0. The van der Waals surface area contributed by atoms with E-state index in [0.29, 0.717) is 5.75 Å². The third-order valence-electron chi connectivity index (χ3n) is 2.44. The zero-order chi connectivity index (χ0) is 12.1. The Morgan fingerprint density at radius 1 is 0.941 bits per heavy atom. The zero-order valence-corrected chi connectivity index (χ0v) is 9.72. The third-order valence-corrected chi connectivity index (χ3v) is 2.44. The Morgan fingerprint density at radius 2 is 1.53 bits per heavy atom. The van der Waals surface area contributed by atoms with Crippen LogP contribution in [-0.2, 0) is 11.2 Å². The molecule has 0 bridgehead atoms. The van der Waals surface area contributed by atoms with E-state index in [-0.39, 0.29) is 5.97 Å². The highest BCUT2D eigenvalue weighted by atomic mass is 16.5. The summed E-state index contributed by atoms with van der Waals surface area (Å²) < 4.78 is 4.98. The van der Waals surface area contributed by atoms with Crippen LogP contribution in [0.5, 0.6) is 5.75 Å². The molecule has 0 amide bonds. The van der Waals surface area contributed by atoms with E-state index < -0.39 is 0 Å². The molecule has 17 heavy (non-hydrogen) atoms. The maximum Gasteiger partial charge on any atom is 0.308 e. The molecule has 2 aromatic rings. The largest absolute Gasteiger partial charge is 0.427 e. The van der Waals surface area contributed by atoms with Gasteiger partial charge in [-0.05, 0) is 29.7 Å². The fraction of sp³-hybridized carbons (Fsp3) is 0.133. The van der Waals surface area contributed by atoms with Crippen LogP contribution >= 0.6 is 0 Å². The molecule has 0 unspecified atom stereocenters. The molecule has 2 heteroatoms. The van der Waals surface area contributed by atoms with Crippen molar-refractivity contribution in [1.82, 2.24) is 0 Å². The topological polar surface area (TPSA) is 26.3 Å². The van der Waals surface area contributed by atoms with Crippen molar-refractivity contribution < 1.29 is 9.53 Å². The highest BCUT2D eigenvalue weighted by Gasteiger charge is 1.99. The van der Waals surface area contributed by atoms with E-state index in [0.717, 1.165) is 6.42 Å². The molecule has 0 aliphatic rings. The molecule has 0 atom stereocenters. The summed E-state index contributed by atoms with van der Waals surface area (Å²) in [6.07, 6.45) is 0.890. The maximum atomic E-state index is 10.8. The molecule has 0 N–H and O–H groups in total. The summed E-state index contributed by atoms with van der Waals surface area (Å²) in [5.41, 5.74) is 2.47. The van der Waals surface area contributed by atoms with Gasteiger partial charge < -0.3 is 4.74 Å². The van der Waals surface area contributed by atoms with Gasteiger partial charge in [-0.1, -0.05) is 42.5 Å². The molecule has 0 spiro atoms. The SMILES string of the molecule is CC(=O)Oc1ccc(Cc2ccccc2)cc1. The number of carbonyl (C=O) groups is 1. The van der Waals surface area contributed by atoms with Crippen molar-refractivity contribution in [3.8, 4) is 5.75 Å². The molecule has 0 fully saturated rings. The van der Waals surface area contributed by atoms with E-state index in [1.807, 2.05) is 42.5 Å². The quantitative estimate of drug-likeness (QED) is 0.593. The number of rotatable bonds is 3. The lowest BCUT2D eigenvalue weighted by Gasteiger charge is -2.04. The summed E-state index contributed by atoms with van der Waals surface area (Å²) >= 11 is 0. The van der Waals surface area contributed by atoms with Gasteiger partial charge >= 0.3 is 5.97 Å². The van der Waals surface area contributed by atoms with Crippen molar-refractivity contribution in [2.24, 2.45) is 0 Å². The first kappa shape index (κ1) is 11.4. The van der Waals surface area contributed by atoms with Crippen molar-refractivity contribution in [2.75, 3.05) is 0 Å². The molecule has 2 nitrogen and oxygen atoms in total. The normalized spacial score (nSPS) is 9.94. The second-order valence-corrected chi connectivity index (χ2v) is 3.90. The van der Waals surface area contributed by atoms with Crippen LogP contribution in [0.4, 0.5) is 0 Å². The first-order valence-electron chi connectivity index (χ1n) is 5.55. The van der Waals surface area contributed by atoms with Gasteiger partial charge in [0.1, 0.15) is 5.75 Å². The molecule has 0 saturated heterocycles. The van der Waals surface area contributed by atoms with Crippen LogP contribution in [0.3, 0.4) is 0 Å². The fourth-order valence-corrected chi connectivity index (χ4v) is 1.67. The molecule has 0 aromatic heterocycles. The predicted molar refractivity (Wildman–Crippen MR) is 67.0 cm³/mol. The van der Waals surface area contributed by atoms with Crippen molar-refractivity contribution in [3.05, 3.63) is 65.7 Å². The second kappa shape index (κ2) is 5.30. The molecule has 0 aliphatic carbocycles. The summed E-state index contributed by atoms with van der Waals surface area (Å²) in [5, 5.41) is 0. The van der Waals surface area contributed by atoms with Gasteiger partial charge in [-0.2, -0.15) is 0 Å². The molecule has 0 saturated carbocycles. The van der Waals surface area contributed by atoms with Gasteiger partial charge in [0, 0.05) is 6.92 Å². The lowest BCUT2D eigenvalue weighted by Crippen LogP contribution is -2.01. The average Bonchev–Trinajstić information content (AvgIpc) is 2.32. The molecule has 86 valence electrons. The minimum atomic E-state index is -0.291. The van der Waals surface area contributed by atoms with Crippen molar-refractivity contribution in [3.63, 3.8) is 0 Å². The number of esters is 1. The first-order valence-corrected chi connectivity index (χ1v) is 5.55. The highest BCUT2D eigenvalue weighted by molar-refractivity contribution is 5.69. The molecular formula is C15H14O2. The Labute approximate surface area is 101 Å². The highest BCUT2D eigenvalue weighted by Crippen LogP contribution is 2.15. The zero-order valence-electron chi connectivity index (χ0n) is 9.72. The minimum absolute atomic E-state index is 0.291. The van der Waals surface area contributed by atoms with Crippen LogP contribution in [0.2, 0.25) is 0 Å². The fourth-order valence-electron chi connectivity index (χ4n) is 1.67. The first-order chi connectivity index (χ1) is 8.24. The van der Waals surface area contributed by atoms with Crippen LogP contribution in [-0.4, -0.2) is 5.97 Å². The molecule has 0 radical (unpaired) electrons. The summed E-state index contributed by atoms with van der Waals surface area (Å²) in [6.45, 7) is 1.40. The Balaban J connectivity index is 2.06. The minimum Gasteiger partial charge on any atom is -0.427 e. The molecule has 0 aliphatic heterocycles. The van der Waals surface area contributed by atoms with E-state index in [4.69, 9.17) is 4.74 Å². The number of carbonyl (C=O) groups excluding carboxylic acids is 1. The average molecular weight is 226 g/mol. The number of hydrogen-bond acceptors (Lipinski definition) is 2. The van der Waals surface area contributed by atoms with Crippen LogP contribution in [0.1, 0.15) is 18.1 Å². The summed E-state index contributed by atoms with van der Waals surface area (Å²) in [5.74, 6) is 0.301. The van der Waals surface area contributed by atoms with E-state index >= 15 is 0 Å². The predicted octanol–water partition coefficient (Wildman–Crippen LogP) is 3.20. The van der Waals surface area contributed by atoms with Crippen molar-refractivity contribution in [2.45, 2.75) is 13.3 Å². The standard InChI is InChI=1S/C15H14O2/c1-12(16)17-15-9-7-14(8-10-15)11-13-5-3-2-4-6-13/h2-10H,11H2,1H3. The van der Waals surface area contributed by atoms with Crippen LogP contribution in [0, 0.1) is 0 Å². The van der Waals surface area contributed by atoms with Gasteiger partial charge in [0.2, 0.25) is 0 Å². The van der Waals surface area contributed by atoms with E-state index in [1.165, 1.54) is 18.1 Å². The van der Waals surface area contributed by atoms with Crippen LogP contribution < -0.4 is 4.74 Å². The maximum absolute atomic E-state index is 10.8. The molecule has 2 aromatic carbocycles. The lowest BCUT2D eigenvalue weighted by molar-refractivity contribution is -0.131. The van der Waals surface area contributed by atoms with Crippen molar-refractivity contribution >= 4 is 5.97 Å². The van der Waals surface area contributed by atoms with Crippen molar-refractivity contribution in [1.29, 1.82) is 0 Å². The van der Waals surface area contributed by atoms with E-state index in [1.54, 1.807) is 0 Å². The lowest BCUT2D eigenvalue weighted by atomic mass is 10.1. The summed E-state index contributed by atoms with van der Waals surface area (Å²) in [7, 11) is 0. The van der Waals surface area contributed by atoms with Crippen LogP contribution in [0.15, 0.2) is 54.6 Å². The van der Waals surface area contributed by atoms with Crippen LogP contribution in [0.25, 0.3) is 0 Å². The van der Waals surface area contributed by atoms with Gasteiger partial charge in [0.25, 0.3) is 0 Å². The third kappa shape index (κ3) is 3.45. The smallest absolute Gasteiger partial charge is 0.308 e. The van der Waals surface area contributed by atoms with E-state index in [2.05, 4.69) is 12.1 Å². The van der Waals surface area contributed by atoms with Gasteiger partial charge in [0.15, 0.2) is 0 Å². The Hall–Kier alpha value is -2.09. The molecule has 2 rings (SSSR count). The number of benzene rings is 2. The van der Waals surface area contributed by atoms with Gasteiger partial charge in [0.05, 0.1) is 0 Å². The monoisotopic (exact) mass is 226 g/mol. The van der Waals surface area contributed by atoms with Gasteiger partial charge in [-0.15, -0.1) is 0 Å². The molecule has 0 heterocycles.